The summed E-state index contributed by atoms with van der Waals surface area (Å²) in [4.78, 5) is -0.370. The van der Waals surface area contributed by atoms with Gasteiger partial charge in [-0.1, -0.05) is 0 Å². The molecule has 1 rings (SSSR count). The standard InChI is InChI=1S/C7H5Br3O5S/c8-7(9,10)16(14,15)3-1-4(11)6(13)5(12)2-3/h1-2,11-13H. The molecular weight excluding hydrogens is 436 g/mol. The van der Waals surface area contributed by atoms with Gasteiger partial charge in [0.25, 0.3) is 0 Å². The van der Waals surface area contributed by atoms with E-state index in [1.165, 1.54) is 0 Å². The Morgan fingerprint density at radius 2 is 1.38 bits per heavy atom. The molecule has 1 aromatic rings. The second-order valence-electron chi connectivity index (χ2n) is 2.76. The van der Waals surface area contributed by atoms with Crippen LogP contribution >= 0.6 is 47.8 Å². The SMILES string of the molecule is O=S(=O)(c1cc(O)c(O)c(O)c1)C(Br)(Br)Br. The number of aromatic hydroxyl groups is 3. The van der Waals surface area contributed by atoms with Crippen molar-refractivity contribution in [2.45, 2.75) is 6.37 Å². The maximum absolute atomic E-state index is 11.8. The highest BCUT2D eigenvalue weighted by atomic mass is 80.0. The lowest BCUT2D eigenvalue weighted by Gasteiger charge is -2.14. The number of halogens is 3. The van der Waals surface area contributed by atoms with Gasteiger partial charge in [0.05, 0.1) is 4.90 Å². The first-order chi connectivity index (χ1) is 7.07. The molecule has 0 atom stereocenters. The minimum Gasteiger partial charge on any atom is -0.504 e. The molecule has 1 aromatic carbocycles. The topological polar surface area (TPSA) is 94.8 Å². The van der Waals surface area contributed by atoms with Gasteiger partial charge in [-0.3, -0.25) is 0 Å². The molecule has 0 saturated heterocycles. The minimum absolute atomic E-state index is 0.370. The highest BCUT2D eigenvalue weighted by Crippen LogP contribution is 2.46. The number of alkyl halides is 3. The molecule has 0 spiro atoms. The second-order valence-corrected chi connectivity index (χ2v) is 13.2. The summed E-state index contributed by atoms with van der Waals surface area (Å²) in [6, 6.07) is 1.64. The lowest BCUT2D eigenvalue weighted by Crippen LogP contribution is -2.17. The normalized spacial score (nSPS) is 12.7. The summed E-state index contributed by atoms with van der Waals surface area (Å²) in [6.07, 6.45) is 0. The lowest BCUT2D eigenvalue weighted by atomic mass is 10.3. The minimum atomic E-state index is -3.92. The first-order valence-electron chi connectivity index (χ1n) is 3.63. The molecule has 3 N–H and O–H groups in total. The maximum atomic E-state index is 11.8. The number of rotatable bonds is 1. The van der Waals surface area contributed by atoms with Crippen LogP contribution in [0.4, 0.5) is 0 Å². The van der Waals surface area contributed by atoms with Crippen molar-refractivity contribution >= 4 is 57.6 Å². The Morgan fingerprint density at radius 1 is 1.00 bits per heavy atom. The van der Waals surface area contributed by atoms with Crippen molar-refractivity contribution in [3.05, 3.63) is 12.1 Å². The van der Waals surface area contributed by atoms with E-state index in [0.717, 1.165) is 12.1 Å². The summed E-state index contributed by atoms with van der Waals surface area (Å²) >= 11 is 8.47. The Balaban J connectivity index is 3.49. The van der Waals surface area contributed by atoms with Crippen LogP contribution in [0.25, 0.3) is 0 Å². The van der Waals surface area contributed by atoms with E-state index in [2.05, 4.69) is 47.8 Å². The predicted octanol–water partition coefficient (Wildman–Crippen LogP) is 2.37. The van der Waals surface area contributed by atoms with Gasteiger partial charge < -0.3 is 15.3 Å². The average Bonchev–Trinajstić information content (AvgIpc) is 2.11. The zero-order valence-corrected chi connectivity index (χ0v) is 12.9. The Labute approximate surface area is 116 Å². The molecule has 0 aliphatic heterocycles. The first kappa shape index (κ1) is 14.1. The number of sulfone groups is 1. The van der Waals surface area contributed by atoms with Crippen molar-refractivity contribution in [2.24, 2.45) is 0 Å². The molecule has 0 aliphatic rings. The highest BCUT2D eigenvalue weighted by Gasteiger charge is 2.38. The van der Waals surface area contributed by atoms with E-state index >= 15 is 0 Å². The summed E-state index contributed by atoms with van der Waals surface area (Å²) < 4.78 is 22.0. The first-order valence-corrected chi connectivity index (χ1v) is 7.50. The van der Waals surface area contributed by atoms with Crippen LogP contribution in [0, 0.1) is 0 Å². The van der Waals surface area contributed by atoms with Crippen LogP contribution in [-0.2, 0) is 9.84 Å². The molecule has 0 unspecified atom stereocenters. The van der Waals surface area contributed by atoms with Gasteiger partial charge in [-0.15, -0.1) is 0 Å². The summed E-state index contributed by atoms with van der Waals surface area (Å²) in [6.45, 7) is 0. The Hall–Kier alpha value is 0.01000. The molecule has 0 bridgehead atoms. The largest absolute Gasteiger partial charge is 0.504 e. The predicted molar refractivity (Wildman–Crippen MR) is 68.1 cm³/mol. The Kier molecular flexibility index (Phi) is 3.83. The summed E-state index contributed by atoms with van der Waals surface area (Å²) in [5.74, 6) is -2.23. The molecule has 0 heterocycles. The summed E-state index contributed by atoms with van der Waals surface area (Å²) in [5.41, 5.74) is 0. The zero-order valence-electron chi connectivity index (χ0n) is 7.35. The van der Waals surface area contributed by atoms with Crippen molar-refractivity contribution in [1.29, 1.82) is 0 Å². The van der Waals surface area contributed by atoms with Crippen LogP contribution in [0.1, 0.15) is 0 Å². The third-order valence-corrected chi connectivity index (χ3v) is 6.96. The molecule has 0 aliphatic carbocycles. The fraction of sp³-hybridized carbons (Fsp3) is 0.143. The van der Waals surface area contributed by atoms with Crippen molar-refractivity contribution in [2.75, 3.05) is 0 Å². The second kappa shape index (κ2) is 4.35. The van der Waals surface area contributed by atoms with Crippen LogP contribution in [0.2, 0.25) is 0 Å². The molecule has 5 nitrogen and oxygen atoms in total. The molecule has 90 valence electrons. The maximum Gasteiger partial charge on any atom is 0.239 e. The number of benzene rings is 1. The van der Waals surface area contributed by atoms with Gasteiger partial charge in [0, 0.05) is 12.1 Å². The van der Waals surface area contributed by atoms with Crippen LogP contribution in [-0.4, -0.2) is 25.2 Å². The molecule has 16 heavy (non-hydrogen) atoms. The Bertz CT molecular complexity index is 496. The van der Waals surface area contributed by atoms with E-state index in [-0.39, 0.29) is 4.90 Å². The van der Waals surface area contributed by atoms with Gasteiger partial charge in [0.15, 0.2) is 17.2 Å². The van der Waals surface area contributed by atoms with E-state index in [1.807, 2.05) is 0 Å². The van der Waals surface area contributed by atoms with Crippen molar-refractivity contribution < 1.29 is 23.7 Å². The third-order valence-electron chi connectivity index (χ3n) is 1.66. The Morgan fingerprint density at radius 3 is 1.69 bits per heavy atom. The monoisotopic (exact) mass is 438 g/mol. The summed E-state index contributed by atoms with van der Waals surface area (Å²) in [7, 11) is -3.92. The molecule has 0 aromatic heterocycles. The molecular formula is C7H5Br3O5S. The number of hydrogen-bond donors (Lipinski definition) is 3. The van der Waals surface area contributed by atoms with Crippen molar-refractivity contribution in [1.82, 2.24) is 0 Å². The van der Waals surface area contributed by atoms with Gasteiger partial charge in [-0.2, -0.15) is 0 Å². The van der Waals surface area contributed by atoms with E-state index in [1.54, 1.807) is 0 Å². The van der Waals surface area contributed by atoms with E-state index < -0.39 is 28.6 Å². The average molecular weight is 441 g/mol. The van der Waals surface area contributed by atoms with Crippen molar-refractivity contribution in [3.8, 4) is 17.2 Å². The van der Waals surface area contributed by atoms with Gasteiger partial charge in [0.1, 0.15) is 0 Å². The third kappa shape index (κ3) is 2.47. The fourth-order valence-electron chi connectivity index (χ4n) is 0.868. The van der Waals surface area contributed by atoms with Gasteiger partial charge >= 0.3 is 0 Å². The molecule has 0 radical (unpaired) electrons. The van der Waals surface area contributed by atoms with Crippen LogP contribution in [0.15, 0.2) is 17.0 Å². The molecule has 0 saturated carbocycles. The molecule has 9 heteroatoms. The zero-order chi connectivity index (χ0) is 12.7. The van der Waals surface area contributed by atoms with Crippen LogP contribution in [0.3, 0.4) is 0 Å². The molecule has 0 amide bonds. The smallest absolute Gasteiger partial charge is 0.239 e. The van der Waals surface area contributed by atoms with Gasteiger partial charge in [0.2, 0.25) is 11.3 Å². The number of hydrogen-bond acceptors (Lipinski definition) is 5. The van der Waals surface area contributed by atoms with Crippen LogP contribution in [0.5, 0.6) is 17.2 Å². The summed E-state index contributed by atoms with van der Waals surface area (Å²) in [5, 5.41) is 27.4. The molecule has 0 fully saturated rings. The van der Waals surface area contributed by atoms with Gasteiger partial charge in [-0.05, 0) is 47.8 Å². The van der Waals surface area contributed by atoms with E-state index in [9.17, 15) is 18.6 Å². The van der Waals surface area contributed by atoms with Crippen LogP contribution < -0.4 is 0 Å². The number of phenols is 3. The van der Waals surface area contributed by atoms with E-state index in [4.69, 9.17) is 5.11 Å². The number of phenolic OH excluding ortho intramolecular Hbond substituents is 3. The lowest BCUT2D eigenvalue weighted by molar-refractivity contribution is 0.366. The van der Waals surface area contributed by atoms with Gasteiger partial charge in [-0.25, -0.2) is 8.42 Å². The van der Waals surface area contributed by atoms with Crippen molar-refractivity contribution in [3.63, 3.8) is 0 Å². The quantitative estimate of drug-likeness (QED) is 0.460. The highest BCUT2D eigenvalue weighted by molar-refractivity contribution is 9.42. The van der Waals surface area contributed by atoms with E-state index in [0.29, 0.717) is 0 Å². The fourth-order valence-corrected chi connectivity index (χ4v) is 3.35.